The summed E-state index contributed by atoms with van der Waals surface area (Å²) in [6, 6.07) is 5.02. The van der Waals surface area contributed by atoms with E-state index in [4.69, 9.17) is 11.6 Å². The third-order valence-corrected chi connectivity index (χ3v) is 5.48. The first kappa shape index (κ1) is 12.9. The standard InChI is InChI=1S/C14H21ClN2S/c15-14-5-4-13(18-14)6-10-16-7-2-9-17-8-1-3-12(17)11-16/h4-5,12H,1-3,6-11H2. The molecule has 0 bridgehead atoms. The molecule has 2 aliphatic heterocycles. The van der Waals surface area contributed by atoms with Crippen molar-refractivity contribution in [1.82, 2.24) is 9.80 Å². The van der Waals surface area contributed by atoms with Gasteiger partial charge in [0.2, 0.25) is 0 Å². The van der Waals surface area contributed by atoms with E-state index in [1.165, 1.54) is 56.9 Å². The minimum absolute atomic E-state index is 0.833. The fourth-order valence-corrected chi connectivity index (χ4v) is 4.32. The van der Waals surface area contributed by atoms with Crippen LogP contribution in [-0.2, 0) is 6.42 Å². The molecule has 1 aromatic rings. The van der Waals surface area contributed by atoms with E-state index < -0.39 is 0 Å². The van der Waals surface area contributed by atoms with Crippen molar-refractivity contribution >= 4 is 22.9 Å². The van der Waals surface area contributed by atoms with E-state index in [9.17, 15) is 0 Å². The lowest BCUT2D eigenvalue weighted by atomic mass is 10.2. The van der Waals surface area contributed by atoms with Gasteiger partial charge in [0.1, 0.15) is 0 Å². The molecule has 2 fully saturated rings. The van der Waals surface area contributed by atoms with Crippen molar-refractivity contribution in [1.29, 1.82) is 0 Å². The third-order valence-electron chi connectivity index (χ3n) is 4.19. The number of rotatable bonds is 3. The Morgan fingerprint density at radius 3 is 2.94 bits per heavy atom. The molecule has 4 heteroatoms. The Balaban J connectivity index is 1.52. The SMILES string of the molecule is Clc1ccc(CCN2CCCN3CCCC3C2)s1. The van der Waals surface area contributed by atoms with Crippen molar-refractivity contribution in [2.24, 2.45) is 0 Å². The highest BCUT2D eigenvalue weighted by Crippen LogP contribution is 2.24. The Bertz CT molecular complexity index is 393. The van der Waals surface area contributed by atoms with Gasteiger partial charge in [0.25, 0.3) is 0 Å². The highest BCUT2D eigenvalue weighted by atomic mass is 35.5. The smallest absolute Gasteiger partial charge is 0.0931 e. The summed E-state index contributed by atoms with van der Waals surface area (Å²) in [5.41, 5.74) is 0. The van der Waals surface area contributed by atoms with Crippen LogP contribution in [-0.4, -0.2) is 48.6 Å². The van der Waals surface area contributed by atoms with Gasteiger partial charge in [0.05, 0.1) is 4.34 Å². The van der Waals surface area contributed by atoms with Gasteiger partial charge in [-0.25, -0.2) is 0 Å². The highest BCUT2D eigenvalue weighted by molar-refractivity contribution is 7.16. The Morgan fingerprint density at radius 2 is 2.11 bits per heavy atom. The van der Waals surface area contributed by atoms with E-state index in [-0.39, 0.29) is 0 Å². The van der Waals surface area contributed by atoms with Crippen molar-refractivity contribution in [3.63, 3.8) is 0 Å². The summed E-state index contributed by atoms with van der Waals surface area (Å²) < 4.78 is 0.919. The number of nitrogens with zero attached hydrogens (tertiary/aromatic N) is 2. The van der Waals surface area contributed by atoms with E-state index in [2.05, 4.69) is 15.9 Å². The van der Waals surface area contributed by atoms with Gasteiger partial charge in [-0.3, -0.25) is 4.90 Å². The summed E-state index contributed by atoms with van der Waals surface area (Å²) in [4.78, 5) is 6.78. The van der Waals surface area contributed by atoms with E-state index in [1.807, 2.05) is 6.07 Å². The number of hydrogen-bond donors (Lipinski definition) is 0. The van der Waals surface area contributed by atoms with Gasteiger partial charge >= 0.3 is 0 Å². The van der Waals surface area contributed by atoms with Gasteiger partial charge in [-0.15, -0.1) is 11.3 Å². The molecule has 0 N–H and O–H groups in total. The van der Waals surface area contributed by atoms with Gasteiger partial charge in [-0.2, -0.15) is 0 Å². The largest absolute Gasteiger partial charge is 0.301 e. The first-order chi connectivity index (χ1) is 8.81. The van der Waals surface area contributed by atoms with Crippen LogP contribution in [0.2, 0.25) is 4.34 Å². The molecule has 1 atom stereocenters. The maximum Gasteiger partial charge on any atom is 0.0931 e. The van der Waals surface area contributed by atoms with Crippen LogP contribution < -0.4 is 0 Å². The molecule has 1 unspecified atom stereocenters. The van der Waals surface area contributed by atoms with E-state index in [1.54, 1.807) is 11.3 Å². The lowest BCUT2D eigenvalue weighted by molar-refractivity contribution is 0.222. The first-order valence-electron chi connectivity index (χ1n) is 7.02. The average Bonchev–Trinajstić information content (AvgIpc) is 2.92. The molecule has 0 amide bonds. The second-order valence-electron chi connectivity index (χ2n) is 5.44. The summed E-state index contributed by atoms with van der Waals surface area (Å²) in [7, 11) is 0. The van der Waals surface area contributed by atoms with Gasteiger partial charge in [0, 0.05) is 24.0 Å². The third kappa shape index (κ3) is 3.08. The lowest BCUT2D eigenvalue weighted by Crippen LogP contribution is -2.37. The molecule has 0 spiro atoms. The Morgan fingerprint density at radius 1 is 1.22 bits per heavy atom. The molecule has 18 heavy (non-hydrogen) atoms. The molecule has 1 aromatic heterocycles. The van der Waals surface area contributed by atoms with Crippen LogP contribution in [0.1, 0.15) is 24.1 Å². The first-order valence-corrected chi connectivity index (χ1v) is 8.21. The lowest BCUT2D eigenvalue weighted by Gasteiger charge is -2.25. The molecule has 0 radical (unpaired) electrons. The average molecular weight is 285 g/mol. The van der Waals surface area contributed by atoms with Crippen molar-refractivity contribution in [2.75, 3.05) is 32.7 Å². The molecule has 3 heterocycles. The van der Waals surface area contributed by atoms with E-state index >= 15 is 0 Å². The summed E-state index contributed by atoms with van der Waals surface area (Å²) in [6.07, 6.45) is 5.30. The van der Waals surface area contributed by atoms with Gasteiger partial charge in [-0.1, -0.05) is 11.6 Å². The molecule has 0 saturated carbocycles. The summed E-state index contributed by atoms with van der Waals surface area (Å²) in [6.45, 7) is 6.39. The van der Waals surface area contributed by atoms with Gasteiger partial charge in [-0.05, 0) is 57.5 Å². The number of fused-ring (bicyclic) bond motifs is 1. The number of thiophene rings is 1. The molecule has 100 valence electrons. The molecular weight excluding hydrogens is 264 g/mol. The van der Waals surface area contributed by atoms with Crippen molar-refractivity contribution in [2.45, 2.75) is 31.7 Å². The molecule has 0 aromatic carbocycles. The fraction of sp³-hybridized carbons (Fsp3) is 0.714. The maximum absolute atomic E-state index is 5.98. The molecule has 3 rings (SSSR count). The summed E-state index contributed by atoms with van der Waals surface area (Å²) in [5, 5.41) is 0. The molecule has 0 aliphatic carbocycles. The van der Waals surface area contributed by atoms with Crippen molar-refractivity contribution in [3.8, 4) is 0 Å². The normalized spacial score (nSPS) is 26.2. The Kier molecular flexibility index (Phi) is 4.24. The van der Waals surface area contributed by atoms with Crippen LogP contribution in [0, 0.1) is 0 Å². The topological polar surface area (TPSA) is 6.48 Å². The van der Waals surface area contributed by atoms with Crippen LogP contribution in [0.5, 0.6) is 0 Å². The van der Waals surface area contributed by atoms with E-state index in [0.717, 1.165) is 16.8 Å². The highest BCUT2D eigenvalue weighted by Gasteiger charge is 2.28. The monoisotopic (exact) mass is 284 g/mol. The van der Waals surface area contributed by atoms with Crippen LogP contribution in [0.3, 0.4) is 0 Å². The molecular formula is C14H21ClN2S. The second-order valence-corrected chi connectivity index (χ2v) is 7.24. The zero-order chi connectivity index (χ0) is 12.4. The quantitative estimate of drug-likeness (QED) is 0.841. The predicted molar refractivity (Wildman–Crippen MR) is 78.7 cm³/mol. The zero-order valence-corrected chi connectivity index (χ0v) is 12.3. The van der Waals surface area contributed by atoms with Gasteiger partial charge in [0.15, 0.2) is 0 Å². The molecule has 2 nitrogen and oxygen atoms in total. The summed E-state index contributed by atoms with van der Waals surface area (Å²) in [5.74, 6) is 0. The molecule has 2 saturated heterocycles. The fourth-order valence-electron chi connectivity index (χ4n) is 3.24. The zero-order valence-electron chi connectivity index (χ0n) is 10.8. The Labute approximate surface area is 119 Å². The second kappa shape index (κ2) is 5.91. The van der Waals surface area contributed by atoms with Crippen molar-refractivity contribution in [3.05, 3.63) is 21.3 Å². The minimum Gasteiger partial charge on any atom is -0.301 e. The van der Waals surface area contributed by atoms with Crippen LogP contribution in [0.25, 0.3) is 0 Å². The van der Waals surface area contributed by atoms with E-state index in [0.29, 0.717) is 0 Å². The maximum atomic E-state index is 5.98. The van der Waals surface area contributed by atoms with Gasteiger partial charge < -0.3 is 4.90 Å². The number of hydrogen-bond acceptors (Lipinski definition) is 3. The Hall–Kier alpha value is -0.0900. The molecule has 2 aliphatic rings. The van der Waals surface area contributed by atoms with Crippen molar-refractivity contribution < 1.29 is 0 Å². The predicted octanol–water partition coefficient (Wildman–Crippen LogP) is 3.11. The summed E-state index contributed by atoms with van der Waals surface area (Å²) >= 11 is 7.71. The van der Waals surface area contributed by atoms with Crippen LogP contribution in [0.4, 0.5) is 0 Å². The number of halogens is 1. The van der Waals surface area contributed by atoms with Crippen LogP contribution >= 0.6 is 22.9 Å². The minimum atomic E-state index is 0.833. The van der Waals surface area contributed by atoms with Crippen LogP contribution in [0.15, 0.2) is 12.1 Å².